The average molecular weight is 471 g/mol. The van der Waals surface area contributed by atoms with Crippen LogP contribution in [0.2, 0.25) is 0 Å². The SMILES string of the molecule is CN1CCN2CCC[C@@]2(C)[C@@H]1CS(=O)(=NC#N)NC(=O)Nc1c2c(cc3c1CCC3)CCC2. The molecule has 2 aliphatic heterocycles. The molecule has 0 spiro atoms. The van der Waals surface area contributed by atoms with E-state index in [1.807, 2.05) is 7.05 Å². The number of piperazine rings is 1. The number of carbonyl (C=O) groups excluding carboxylic acids is 1. The van der Waals surface area contributed by atoms with E-state index in [0.717, 1.165) is 76.7 Å². The molecule has 8 nitrogen and oxygen atoms in total. The molecule has 0 bridgehead atoms. The van der Waals surface area contributed by atoms with E-state index in [4.69, 9.17) is 0 Å². The largest absolute Gasteiger partial charge is 0.331 e. The first-order valence-corrected chi connectivity index (χ1v) is 13.8. The minimum Gasteiger partial charge on any atom is -0.307 e. The number of amides is 2. The Morgan fingerprint density at radius 1 is 1.18 bits per heavy atom. The van der Waals surface area contributed by atoms with E-state index >= 15 is 0 Å². The first kappa shape index (κ1) is 22.6. The van der Waals surface area contributed by atoms with Gasteiger partial charge >= 0.3 is 6.03 Å². The van der Waals surface area contributed by atoms with Gasteiger partial charge in [0.2, 0.25) is 6.19 Å². The van der Waals surface area contributed by atoms with Gasteiger partial charge in [-0.25, -0.2) is 13.7 Å². The summed E-state index contributed by atoms with van der Waals surface area (Å²) in [5.41, 5.74) is 5.86. The predicted octanol–water partition coefficient (Wildman–Crippen LogP) is 2.82. The number of urea groups is 1. The highest BCUT2D eigenvalue weighted by atomic mass is 32.2. The highest BCUT2D eigenvalue weighted by Crippen LogP contribution is 2.39. The van der Waals surface area contributed by atoms with E-state index in [2.05, 4.69) is 37.2 Å². The molecule has 4 aliphatic rings. The third kappa shape index (κ3) is 4.02. The molecule has 5 rings (SSSR count). The molecule has 33 heavy (non-hydrogen) atoms. The first-order chi connectivity index (χ1) is 15.8. The number of aryl methyl sites for hydroxylation is 2. The van der Waals surface area contributed by atoms with Crippen molar-refractivity contribution in [2.45, 2.75) is 69.9 Å². The Bertz CT molecular complexity index is 1100. The summed E-state index contributed by atoms with van der Waals surface area (Å²) in [6.07, 6.45) is 10.0. The molecule has 1 aromatic carbocycles. The van der Waals surface area contributed by atoms with Gasteiger partial charge in [0, 0.05) is 30.4 Å². The van der Waals surface area contributed by atoms with Gasteiger partial charge in [-0.3, -0.25) is 9.80 Å². The second-order valence-corrected chi connectivity index (χ2v) is 12.2. The van der Waals surface area contributed by atoms with Gasteiger partial charge in [0.15, 0.2) is 0 Å². The molecule has 2 aliphatic carbocycles. The van der Waals surface area contributed by atoms with Crippen molar-refractivity contribution >= 4 is 21.6 Å². The van der Waals surface area contributed by atoms with Crippen LogP contribution in [0.1, 0.15) is 54.9 Å². The summed E-state index contributed by atoms with van der Waals surface area (Å²) in [6, 6.07) is 1.73. The quantitative estimate of drug-likeness (QED) is 0.659. The second-order valence-electron chi connectivity index (χ2n) is 10.2. The smallest absolute Gasteiger partial charge is 0.307 e. The average Bonchev–Trinajstić information content (AvgIpc) is 3.49. The van der Waals surface area contributed by atoms with Crippen molar-refractivity contribution < 1.29 is 9.00 Å². The van der Waals surface area contributed by atoms with E-state index in [-0.39, 0.29) is 17.3 Å². The Balaban J connectivity index is 1.39. The summed E-state index contributed by atoms with van der Waals surface area (Å²) in [4.78, 5) is 17.8. The van der Waals surface area contributed by atoms with Crippen molar-refractivity contribution in [3.63, 3.8) is 0 Å². The molecular formula is C24H34N6O2S. The van der Waals surface area contributed by atoms with Gasteiger partial charge in [0.1, 0.15) is 9.92 Å². The maximum absolute atomic E-state index is 13.8. The third-order valence-corrected chi connectivity index (χ3v) is 9.99. The van der Waals surface area contributed by atoms with Crippen molar-refractivity contribution in [3.05, 3.63) is 28.3 Å². The molecule has 178 valence electrons. The Hall–Kier alpha value is -2.15. The van der Waals surface area contributed by atoms with E-state index in [1.54, 1.807) is 6.19 Å². The summed E-state index contributed by atoms with van der Waals surface area (Å²) in [5.74, 6) is 0.141. The molecule has 3 atom stereocenters. The molecule has 1 aromatic rings. The lowest BCUT2D eigenvalue weighted by Crippen LogP contribution is -2.65. The van der Waals surface area contributed by atoms with E-state index < -0.39 is 15.9 Å². The van der Waals surface area contributed by atoms with E-state index in [0.29, 0.717) is 0 Å². The number of nitrogens with zero attached hydrogens (tertiary/aromatic N) is 4. The van der Waals surface area contributed by atoms with Crippen molar-refractivity contribution in [2.24, 2.45) is 4.36 Å². The number of benzene rings is 1. The van der Waals surface area contributed by atoms with Crippen LogP contribution < -0.4 is 10.0 Å². The monoisotopic (exact) mass is 470 g/mol. The van der Waals surface area contributed by atoms with Crippen LogP contribution in [0.25, 0.3) is 0 Å². The van der Waals surface area contributed by atoms with Crippen LogP contribution in [-0.4, -0.2) is 64.1 Å². The summed E-state index contributed by atoms with van der Waals surface area (Å²) in [5, 5.41) is 12.4. The molecule has 2 saturated heterocycles. The fourth-order valence-electron chi connectivity index (χ4n) is 6.63. The highest BCUT2D eigenvalue weighted by molar-refractivity contribution is 7.92. The van der Waals surface area contributed by atoms with Gasteiger partial charge < -0.3 is 5.32 Å². The molecule has 0 aromatic heterocycles. The van der Waals surface area contributed by atoms with Gasteiger partial charge in [-0.15, -0.1) is 4.36 Å². The fraction of sp³-hybridized carbons (Fsp3) is 0.667. The van der Waals surface area contributed by atoms with Crippen molar-refractivity contribution in [2.75, 3.05) is 37.8 Å². The standard InChI is InChI=1S/C24H34N6O2S/c1-24-10-5-11-30(24)13-12-29(2)21(24)15-33(32,26-16-25)28-23(31)27-22-19-8-3-6-17(19)14-18-7-4-9-20(18)22/h14,21H,3-13,15H2,1-2H3,(H2,26,27,28,31,32)/t21-,24-,33?/m0/s1. The summed E-state index contributed by atoms with van der Waals surface area (Å²) in [7, 11) is -1.23. The fourth-order valence-corrected chi connectivity index (χ4v) is 8.35. The summed E-state index contributed by atoms with van der Waals surface area (Å²) < 4.78 is 20.2. The van der Waals surface area contributed by atoms with Gasteiger partial charge in [-0.1, -0.05) is 6.07 Å². The Kier molecular flexibility index (Phi) is 5.88. The molecule has 1 unspecified atom stereocenters. The lowest BCUT2D eigenvalue weighted by molar-refractivity contribution is 0.00630. The lowest BCUT2D eigenvalue weighted by Gasteiger charge is -2.50. The molecule has 9 heteroatoms. The molecule has 0 radical (unpaired) electrons. The number of anilines is 1. The van der Waals surface area contributed by atoms with Crippen molar-refractivity contribution in [1.82, 2.24) is 14.5 Å². The number of hydrogen-bond acceptors (Lipinski definition) is 6. The number of nitriles is 1. The van der Waals surface area contributed by atoms with Crippen molar-refractivity contribution in [1.29, 1.82) is 5.26 Å². The minimum atomic E-state index is -3.26. The number of fused-ring (bicyclic) bond motifs is 3. The molecule has 2 heterocycles. The molecule has 2 amide bonds. The van der Waals surface area contributed by atoms with Gasteiger partial charge in [-0.05, 0) is 94.1 Å². The Morgan fingerprint density at radius 2 is 1.88 bits per heavy atom. The lowest BCUT2D eigenvalue weighted by atomic mass is 9.87. The first-order valence-electron chi connectivity index (χ1n) is 12.2. The predicted molar refractivity (Wildman–Crippen MR) is 129 cm³/mol. The van der Waals surface area contributed by atoms with Crippen LogP contribution >= 0.6 is 0 Å². The van der Waals surface area contributed by atoms with Gasteiger partial charge in [-0.2, -0.15) is 5.26 Å². The Morgan fingerprint density at radius 3 is 2.55 bits per heavy atom. The van der Waals surface area contributed by atoms with E-state index in [1.165, 1.54) is 22.3 Å². The second kappa shape index (κ2) is 8.57. The maximum Gasteiger partial charge on any atom is 0.331 e. The number of likely N-dealkylation sites (N-methyl/N-ethyl adjacent to an activating group) is 1. The van der Waals surface area contributed by atoms with Crippen LogP contribution in [0, 0.1) is 11.5 Å². The number of carbonyl (C=O) groups is 1. The zero-order valence-electron chi connectivity index (χ0n) is 19.7. The highest BCUT2D eigenvalue weighted by Gasteiger charge is 2.48. The van der Waals surface area contributed by atoms with Crippen LogP contribution in [0.3, 0.4) is 0 Å². The van der Waals surface area contributed by atoms with Crippen molar-refractivity contribution in [3.8, 4) is 6.19 Å². The molecule has 2 fully saturated rings. The zero-order chi connectivity index (χ0) is 23.2. The van der Waals surface area contributed by atoms with Crippen LogP contribution in [0.15, 0.2) is 10.4 Å². The summed E-state index contributed by atoms with van der Waals surface area (Å²) >= 11 is 0. The third-order valence-electron chi connectivity index (χ3n) is 8.34. The van der Waals surface area contributed by atoms with Crippen LogP contribution in [0.4, 0.5) is 10.5 Å². The number of rotatable bonds is 4. The van der Waals surface area contributed by atoms with Gasteiger partial charge in [0.25, 0.3) is 0 Å². The molecular weight excluding hydrogens is 436 g/mol. The zero-order valence-corrected chi connectivity index (χ0v) is 20.5. The van der Waals surface area contributed by atoms with Crippen LogP contribution in [-0.2, 0) is 35.6 Å². The number of nitrogens with one attached hydrogen (secondary N) is 2. The maximum atomic E-state index is 13.8. The molecule has 2 N–H and O–H groups in total. The normalized spacial score (nSPS) is 28.3. The minimum absolute atomic E-state index is 0.0520. The topological polar surface area (TPSA) is 101 Å². The Labute approximate surface area is 197 Å². The summed E-state index contributed by atoms with van der Waals surface area (Å²) in [6.45, 7) is 5.10. The number of hydrogen-bond donors (Lipinski definition) is 2. The van der Waals surface area contributed by atoms with Gasteiger partial charge in [0.05, 0.1) is 5.75 Å². The molecule has 0 saturated carbocycles. The van der Waals surface area contributed by atoms with E-state index in [9.17, 15) is 14.3 Å². The van der Waals surface area contributed by atoms with Crippen LogP contribution in [0.5, 0.6) is 0 Å².